The summed E-state index contributed by atoms with van der Waals surface area (Å²) in [5.74, 6) is -1.79. The topological polar surface area (TPSA) is 29.1 Å². The van der Waals surface area contributed by atoms with E-state index in [0.717, 1.165) is 18.9 Å². The molecule has 2 rings (SSSR count). The van der Waals surface area contributed by atoms with Gasteiger partial charge in [-0.2, -0.15) is 13.2 Å². The van der Waals surface area contributed by atoms with Crippen molar-refractivity contribution in [2.75, 3.05) is 6.54 Å². The molecule has 1 atom stereocenters. The highest BCUT2D eigenvalue weighted by Gasteiger charge is 2.38. The smallest absolute Gasteiger partial charge is 0.305 e. The predicted molar refractivity (Wildman–Crippen MR) is 66.0 cm³/mol. The number of hydrogen-bond acceptors (Lipinski definition) is 2. The number of nitrogens with one attached hydrogen (secondary N) is 1. The Labute approximate surface area is 114 Å². The van der Waals surface area contributed by atoms with Gasteiger partial charge in [0.15, 0.2) is 5.78 Å². The number of benzene rings is 1. The molecule has 1 saturated heterocycles. The van der Waals surface area contributed by atoms with Gasteiger partial charge < -0.3 is 5.32 Å². The normalized spacial score (nSPS) is 23.6. The van der Waals surface area contributed by atoms with E-state index in [0.29, 0.717) is 25.1 Å². The van der Waals surface area contributed by atoms with Crippen molar-refractivity contribution in [3.05, 3.63) is 35.1 Å². The van der Waals surface area contributed by atoms with E-state index in [9.17, 15) is 22.4 Å². The molecule has 1 N–H and O–H groups in total. The van der Waals surface area contributed by atoms with Crippen LogP contribution in [0.25, 0.3) is 0 Å². The SMILES string of the molecule is CC1(C(=O)c2ccc(F)c(C(F)(F)F)c2)CCCCN1. The lowest BCUT2D eigenvalue weighted by Crippen LogP contribution is -2.52. The minimum absolute atomic E-state index is 0.115. The van der Waals surface area contributed by atoms with E-state index in [1.807, 2.05) is 0 Å². The van der Waals surface area contributed by atoms with E-state index in [2.05, 4.69) is 5.32 Å². The molecule has 20 heavy (non-hydrogen) atoms. The fourth-order valence-electron chi connectivity index (χ4n) is 2.45. The summed E-state index contributed by atoms with van der Waals surface area (Å²) in [5.41, 5.74) is -2.39. The number of carbonyl (C=O) groups is 1. The number of Topliss-reactive ketones (excluding diaryl/α,β-unsaturated/α-hetero) is 1. The van der Waals surface area contributed by atoms with Crippen molar-refractivity contribution >= 4 is 5.78 Å². The van der Waals surface area contributed by atoms with Gasteiger partial charge >= 0.3 is 6.18 Å². The number of piperidine rings is 1. The zero-order valence-electron chi connectivity index (χ0n) is 11.0. The summed E-state index contributed by atoms with van der Waals surface area (Å²) >= 11 is 0. The molecule has 0 aromatic heterocycles. The van der Waals surface area contributed by atoms with Gasteiger partial charge in [-0.25, -0.2) is 4.39 Å². The van der Waals surface area contributed by atoms with E-state index in [4.69, 9.17) is 0 Å². The van der Waals surface area contributed by atoms with Crippen LogP contribution in [0.3, 0.4) is 0 Å². The Morgan fingerprint density at radius 1 is 1.30 bits per heavy atom. The molecule has 1 aliphatic rings. The number of hydrogen-bond donors (Lipinski definition) is 1. The molecule has 1 heterocycles. The summed E-state index contributed by atoms with van der Waals surface area (Å²) < 4.78 is 51.2. The second-order valence-corrected chi connectivity index (χ2v) is 5.24. The number of carbonyl (C=O) groups excluding carboxylic acids is 1. The van der Waals surface area contributed by atoms with Crippen molar-refractivity contribution in [2.24, 2.45) is 0 Å². The van der Waals surface area contributed by atoms with Crippen LogP contribution in [0.5, 0.6) is 0 Å². The van der Waals surface area contributed by atoms with Gasteiger partial charge in [-0.3, -0.25) is 4.79 Å². The molecule has 0 bridgehead atoms. The maximum atomic E-state index is 13.2. The zero-order valence-corrected chi connectivity index (χ0v) is 11.0. The lowest BCUT2D eigenvalue weighted by molar-refractivity contribution is -0.140. The van der Waals surface area contributed by atoms with Gasteiger partial charge in [-0.05, 0) is 50.9 Å². The minimum atomic E-state index is -4.80. The van der Waals surface area contributed by atoms with Gasteiger partial charge in [0.25, 0.3) is 0 Å². The maximum absolute atomic E-state index is 13.2. The highest BCUT2D eigenvalue weighted by Crippen LogP contribution is 2.33. The Morgan fingerprint density at radius 3 is 2.55 bits per heavy atom. The van der Waals surface area contributed by atoms with E-state index < -0.39 is 28.9 Å². The summed E-state index contributed by atoms with van der Waals surface area (Å²) in [6.45, 7) is 2.32. The van der Waals surface area contributed by atoms with Gasteiger partial charge in [-0.1, -0.05) is 0 Å². The summed E-state index contributed by atoms with van der Waals surface area (Å²) in [6, 6.07) is 2.40. The fourth-order valence-corrected chi connectivity index (χ4v) is 2.45. The molecule has 0 spiro atoms. The van der Waals surface area contributed by atoms with Crippen molar-refractivity contribution in [3.63, 3.8) is 0 Å². The standard InChI is InChI=1S/C14H15F4NO/c1-13(6-2-3-7-19-13)12(20)9-4-5-11(15)10(8-9)14(16,17)18/h4-5,8,19H,2-3,6-7H2,1H3. The van der Waals surface area contributed by atoms with Crippen LogP contribution < -0.4 is 5.32 Å². The van der Waals surface area contributed by atoms with Gasteiger partial charge in [0.1, 0.15) is 5.82 Å². The summed E-state index contributed by atoms with van der Waals surface area (Å²) in [5, 5.41) is 3.04. The van der Waals surface area contributed by atoms with E-state index >= 15 is 0 Å². The first kappa shape index (κ1) is 15.0. The van der Waals surface area contributed by atoms with Crippen molar-refractivity contribution < 1.29 is 22.4 Å². The number of halogens is 4. The van der Waals surface area contributed by atoms with Gasteiger partial charge in [0.05, 0.1) is 11.1 Å². The molecule has 2 nitrogen and oxygen atoms in total. The van der Waals surface area contributed by atoms with Crippen molar-refractivity contribution in [3.8, 4) is 0 Å². The average Bonchev–Trinajstić information content (AvgIpc) is 2.38. The van der Waals surface area contributed by atoms with E-state index in [1.165, 1.54) is 0 Å². The molecule has 1 aliphatic heterocycles. The summed E-state index contributed by atoms with van der Waals surface area (Å²) in [7, 11) is 0. The maximum Gasteiger partial charge on any atom is 0.419 e. The number of alkyl halides is 3. The Balaban J connectivity index is 2.36. The third-order valence-corrected chi connectivity index (χ3v) is 3.65. The first-order valence-electron chi connectivity index (χ1n) is 6.41. The van der Waals surface area contributed by atoms with Crippen LogP contribution in [0.1, 0.15) is 42.1 Å². The molecule has 0 aliphatic carbocycles. The Bertz CT molecular complexity index is 518. The highest BCUT2D eigenvalue weighted by atomic mass is 19.4. The van der Waals surface area contributed by atoms with Gasteiger partial charge in [-0.15, -0.1) is 0 Å². The Kier molecular flexibility index (Phi) is 3.86. The number of rotatable bonds is 2. The van der Waals surface area contributed by atoms with Crippen LogP contribution in [0, 0.1) is 5.82 Å². The zero-order chi connectivity index (χ0) is 15.0. The van der Waals surface area contributed by atoms with Crippen LogP contribution in [0.4, 0.5) is 17.6 Å². The second kappa shape index (κ2) is 5.16. The summed E-state index contributed by atoms with van der Waals surface area (Å²) in [4.78, 5) is 12.4. The van der Waals surface area contributed by atoms with Crippen LogP contribution in [-0.4, -0.2) is 17.9 Å². The minimum Gasteiger partial charge on any atom is -0.305 e. The Hall–Kier alpha value is -1.43. The summed E-state index contributed by atoms with van der Waals surface area (Å²) in [6.07, 6.45) is -2.48. The van der Waals surface area contributed by atoms with Crippen LogP contribution in [0.15, 0.2) is 18.2 Å². The molecule has 1 fully saturated rings. The monoisotopic (exact) mass is 289 g/mol. The fraction of sp³-hybridized carbons (Fsp3) is 0.500. The molecule has 1 unspecified atom stereocenters. The lowest BCUT2D eigenvalue weighted by atomic mass is 9.83. The molecule has 0 amide bonds. The quantitative estimate of drug-likeness (QED) is 0.666. The predicted octanol–water partition coefficient (Wildman–Crippen LogP) is 3.56. The van der Waals surface area contributed by atoms with Crippen molar-refractivity contribution in [2.45, 2.75) is 37.9 Å². The molecule has 6 heteroatoms. The molecule has 0 saturated carbocycles. The third-order valence-electron chi connectivity index (χ3n) is 3.65. The molecule has 1 aromatic carbocycles. The second-order valence-electron chi connectivity index (χ2n) is 5.24. The van der Waals surface area contributed by atoms with Crippen LogP contribution in [-0.2, 0) is 6.18 Å². The van der Waals surface area contributed by atoms with E-state index in [-0.39, 0.29) is 5.56 Å². The molecule has 0 radical (unpaired) electrons. The molecular weight excluding hydrogens is 274 g/mol. The van der Waals surface area contributed by atoms with Crippen LogP contribution in [0.2, 0.25) is 0 Å². The average molecular weight is 289 g/mol. The van der Waals surface area contributed by atoms with Gasteiger partial charge in [0.2, 0.25) is 0 Å². The lowest BCUT2D eigenvalue weighted by Gasteiger charge is -2.33. The van der Waals surface area contributed by atoms with Crippen molar-refractivity contribution in [1.82, 2.24) is 5.32 Å². The van der Waals surface area contributed by atoms with E-state index in [1.54, 1.807) is 6.92 Å². The Morgan fingerprint density at radius 2 is 2.00 bits per heavy atom. The molecule has 110 valence electrons. The molecular formula is C14H15F4NO. The van der Waals surface area contributed by atoms with Gasteiger partial charge in [0, 0.05) is 5.56 Å². The molecule has 1 aromatic rings. The first-order chi connectivity index (χ1) is 9.24. The number of ketones is 1. The van der Waals surface area contributed by atoms with Crippen LogP contribution >= 0.6 is 0 Å². The largest absolute Gasteiger partial charge is 0.419 e. The highest BCUT2D eigenvalue weighted by molar-refractivity contribution is 6.03. The first-order valence-corrected chi connectivity index (χ1v) is 6.41. The van der Waals surface area contributed by atoms with Crippen molar-refractivity contribution in [1.29, 1.82) is 0 Å². The third kappa shape index (κ3) is 2.85.